The number of methoxy groups -OCH3 is 1. The summed E-state index contributed by atoms with van der Waals surface area (Å²) >= 11 is 0. The number of amides is 2. The summed E-state index contributed by atoms with van der Waals surface area (Å²) in [6.07, 6.45) is -1.07. The minimum absolute atomic E-state index is 0.0235. The average Bonchev–Trinajstić information content (AvgIpc) is 2.53. The van der Waals surface area contributed by atoms with Crippen LogP contribution in [0, 0.1) is 5.92 Å². The van der Waals surface area contributed by atoms with Gasteiger partial charge in [-0.25, -0.2) is 4.79 Å². The fourth-order valence-electron chi connectivity index (χ4n) is 1.96. The molecular weight excluding hydrogens is 200 g/mol. The van der Waals surface area contributed by atoms with E-state index in [9.17, 15) is 4.79 Å². The maximum Gasteiger partial charge on any atom is 0.316 e. The monoisotopic (exact) mass is 218 g/mol. The van der Waals surface area contributed by atoms with Crippen molar-refractivity contribution in [3.05, 3.63) is 0 Å². The molecular formula is C9H18N2O4. The first-order valence-corrected chi connectivity index (χ1v) is 4.84. The summed E-state index contributed by atoms with van der Waals surface area (Å²) in [5.74, 6) is -0.0235. The third-order valence-corrected chi connectivity index (χ3v) is 2.83. The standard InChI is InChI=1S/C9H18N2O4/c1-5-7(14-3)6(4-12)15-8(5)11(2)9(10)13/h5-8,12H,4H2,1-3H3,(H2,10,13). The van der Waals surface area contributed by atoms with Crippen molar-refractivity contribution in [1.82, 2.24) is 4.90 Å². The highest BCUT2D eigenvalue weighted by atomic mass is 16.6. The smallest absolute Gasteiger partial charge is 0.316 e. The normalized spacial score (nSPS) is 35.5. The maximum absolute atomic E-state index is 11.0. The van der Waals surface area contributed by atoms with Crippen LogP contribution >= 0.6 is 0 Å². The van der Waals surface area contributed by atoms with Crippen LogP contribution in [0.2, 0.25) is 0 Å². The summed E-state index contributed by atoms with van der Waals surface area (Å²) in [6, 6.07) is -0.555. The zero-order valence-electron chi connectivity index (χ0n) is 9.21. The highest BCUT2D eigenvalue weighted by molar-refractivity contribution is 5.71. The molecule has 0 aromatic carbocycles. The van der Waals surface area contributed by atoms with E-state index < -0.39 is 18.4 Å². The summed E-state index contributed by atoms with van der Waals surface area (Å²) in [4.78, 5) is 12.3. The Hall–Kier alpha value is -0.850. The van der Waals surface area contributed by atoms with Crippen molar-refractivity contribution in [3.8, 4) is 0 Å². The molecule has 1 heterocycles. The van der Waals surface area contributed by atoms with Crippen LogP contribution in [0.3, 0.4) is 0 Å². The number of hydrogen-bond donors (Lipinski definition) is 2. The topological polar surface area (TPSA) is 85.0 Å². The number of ether oxygens (including phenoxy) is 2. The number of carbonyl (C=O) groups is 1. The molecule has 88 valence electrons. The van der Waals surface area contributed by atoms with Crippen molar-refractivity contribution in [2.45, 2.75) is 25.4 Å². The van der Waals surface area contributed by atoms with E-state index in [1.807, 2.05) is 6.92 Å². The summed E-state index contributed by atoms with van der Waals surface area (Å²) in [5.41, 5.74) is 5.16. The van der Waals surface area contributed by atoms with E-state index >= 15 is 0 Å². The molecule has 15 heavy (non-hydrogen) atoms. The highest BCUT2D eigenvalue weighted by Crippen LogP contribution is 2.30. The van der Waals surface area contributed by atoms with Gasteiger partial charge in [0, 0.05) is 20.1 Å². The van der Waals surface area contributed by atoms with Crippen molar-refractivity contribution >= 4 is 6.03 Å². The van der Waals surface area contributed by atoms with Crippen molar-refractivity contribution in [1.29, 1.82) is 0 Å². The Morgan fingerprint density at radius 2 is 2.27 bits per heavy atom. The molecule has 0 radical (unpaired) electrons. The highest BCUT2D eigenvalue weighted by Gasteiger charge is 2.44. The fraction of sp³-hybridized carbons (Fsp3) is 0.889. The number of primary amides is 1. The van der Waals surface area contributed by atoms with E-state index in [0.717, 1.165) is 0 Å². The van der Waals surface area contributed by atoms with Crippen LogP contribution in [0.1, 0.15) is 6.92 Å². The summed E-state index contributed by atoms with van der Waals surface area (Å²) in [5, 5.41) is 9.08. The minimum atomic E-state index is -0.555. The van der Waals surface area contributed by atoms with Gasteiger partial charge in [0.15, 0.2) is 0 Å². The first-order chi connectivity index (χ1) is 7.02. The summed E-state index contributed by atoms with van der Waals surface area (Å²) in [6.45, 7) is 1.76. The van der Waals surface area contributed by atoms with E-state index in [4.69, 9.17) is 20.3 Å². The van der Waals surface area contributed by atoms with Gasteiger partial charge in [-0.1, -0.05) is 6.92 Å². The second kappa shape index (κ2) is 4.78. The second-order valence-corrected chi connectivity index (χ2v) is 3.76. The number of urea groups is 1. The predicted octanol–water partition coefficient (Wildman–Crippen LogP) is -0.635. The van der Waals surface area contributed by atoms with E-state index in [1.165, 1.54) is 4.90 Å². The summed E-state index contributed by atoms with van der Waals surface area (Å²) < 4.78 is 10.7. The fourth-order valence-corrected chi connectivity index (χ4v) is 1.96. The molecule has 0 aromatic rings. The zero-order valence-corrected chi connectivity index (χ0v) is 9.21. The van der Waals surface area contributed by atoms with Crippen molar-refractivity contribution in [2.75, 3.05) is 20.8 Å². The molecule has 2 amide bonds. The van der Waals surface area contributed by atoms with Crippen LogP contribution in [0.25, 0.3) is 0 Å². The lowest BCUT2D eigenvalue weighted by Gasteiger charge is -2.25. The Morgan fingerprint density at radius 3 is 2.60 bits per heavy atom. The third kappa shape index (κ3) is 2.22. The predicted molar refractivity (Wildman–Crippen MR) is 53.1 cm³/mol. The lowest BCUT2D eigenvalue weighted by molar-refractivity contribution is -0.0644. The van der Waals surface area contributed by atoms with Crippen molar-refractivity contribution in [3.63, 3.8) is 0 Å². The molecule has 4 unspecified atom stereocenters. The van der Waals surface area contributed by atoms with Gasteiger partial charge in [0.25, 0.3) is 0 Å². The third-order valence-electron chi connectivity index (χ3n) is 2.83. The molecule has 0 aliphatic carbocycles. The molecule has 0 spiro atoms. The van der Waals surface area contributed by atoms with Crippen LogP contribution in [0.15, 0.2) is 0 Å². The molecule has 0 bridgehead atoms. The molecule has 1 rings (SSSR count). The van der Waals surface area contributed by atoms with E-state index in [2.05, 4.69) is 0 Å². The molecule has 0 saturated carbocycles. The number of nitrogens with two attached hydrogens (primary N) is 1. The number of aliphatic hydroxyl groups excluding tert-OH is 1. The van der Waals surface area contributed by atoms with Crippen LogP contribution in [0.5, 0.6) is 0 Å². The van der Waals surface area contributed by atoms with Gasteiger partial charge in [-0.05, 0) is 0 Å². The number of aliphatic hydroxyl groups is 1. The van der Waals surface area contributed by atoms with Gasteiger partial charge in [0.1, 0.15) is 12.3 Å². The van der Waals surface area contributed by atoms with Gasteiger partial charge in [-0.15, -0.1) is 0 Å². The molecule has 0 aromatic heterocycles. The van der Waals surface area contributed by atoms with Crippen molar-refractivity contribution < 1.29 is 19.4 Å². The molecule has 1 aliphatic heterocycles. The molecule has 1 fully saturated rings. The van der Waals surface area contributed by atoms with Crippen LogP contribution in [0.4, 0.5) is 4.79 Å². The molecule has 1 aliphatic rings. The van der Waals surface area contributed by atoms with E-state index in [0.29, 0.717) is 0 Å². The first kappa shape index (κ1) is 12.2. The minimum Gasteiger partial charge on any atom is -0.394 e. The molecule has 6 nitrogen and oxygen atoms in total. The Labute approximate surface area is 88.9 Å². The van der Waals surface area contributed by atoms with E-state index in [1.54, 1.807) is 14.2 Å². The molecule has 4 atom stereocenters. The quantitative estimate of drug-likeness (QED) is 0.660. The lowest BCUT2D eigenvalue weighted by Crippen LogP contribution is -2.44. The van der Waals surface area contributed by atoms with Crippen LogP contribution in [-0.2, 0) is 9.47 Å². The lowest BCUT2D eigenvalue weighted by atomic mass is 10.0. The van der Waals surface area contributed by atoms with Gasteiger partial charge in [0.05, 0.1) is 12.7 Å². The molecule has 1 saturated heterocycles. The SMILES string of the molecule is COC1C(CO)OC(N(C)C(N)=O)C1C. The second-order valence-electron chi connectivity index (χ2n) is 3.76. The van der Waals surface area contributed by atoms with Gasteiger partial charge in [-0.3, -0.25) is 0 Å². The van der Waals surface area contributed by atoms with Gasteiger partial charge in [-0.2, -0.15) is 0 Å². The van der Waals surface area contributed by atoms with Gasteiger partial charge < -0.3 is 25.2 Å². The number of carbonyl (C=O) groups excluding carboxylic acids is 1. The average molecular weight is 218 g/mol. The van der Waals surface area contributed by atoms with Gasteiger partial charge in [0.2, 0.25) is 0 Å². The number of hydrogen-bond acceptors (Lipinski definition) is 4. The largest absolute Gasteiger partial charge is 0.394 e. The Balaban J connectivity index is 2.74. The Morgan fingerprint density at radius 1 is 1.67 bits per heavy atom. The molecule has 3 N–H and O–H groups in total. The van der Waals surface area contributed by atoms with E-state index in [-0.39, 0.29) is 18.6 Å². The first-order valence-electron chi connectivity index (χ1n) is 4.84. The van der Waals surface area contributed by atoms with Crippen LogP contribution < -0.4 is 5.73 Å². The van der Waals surface area contributed by atoms with Gasteiger partial charge >= 0.3 is 6.03 Å². The van der Waals surface area contributed by atoms with Crippen molar-refractivity contribution in [2.24, 2.45) is 11.7 Å². The zero-order chi connectivity index (χ0) is 11.6. The Kier molecular flexibility index (Phi) is 3.90. The summed E-state index contributed by atoms with van der Waals surface area (Å²) in [7, 11) is 3.12. The number of rotatable bonds is 3. The Bertz CT molecular complexity index is 236. The molecule has 6 heteroatoms. The van der Waals surface area contributed by atoms with Crippen LogP contribution in [-0.4, -0.2) is 55.2 Å². The number of nitrogens with zero attached hydrogens (tertiary/aromatic N) is 1. The maximum atomic E-state index is 11.0.